The van der Waals surface area contributed by atoms with E-state index in [9.17, 15) is 9.59 Å². The van der Waals surface area contributed by atoms with E-state index in [2.05, 4.69) is 10.3 Å². The van der Waals surface area contributed by atoms with Crippen molar-refractivity contribution < 1.29 is 19.1 Å². The number of thiazole rings is 1. The Hall–Kier alpha value is -2.84. The van der Waals surface area contributed by atoms with Crippen LogP contribution in [0.5, 0.6) is 5.75 Å². The number of aromatic nitrogens is 1. The zero-order valence-corrected chi connectivity index (χ0v) is 21.7. The van der Waals surface area contributed by atoms with Crippen LogP contribution < -0.4 is 10.1 Å². The molecule has 1 N–H and O–H groups in total. The number of nitrogens with one attached hydrogen (secondary N) is 1. The summed E-state index contributed by atoms with van der Waals surface area (Å²) in [7, 11) is 0. The third-order valence-electron chi connectivity index (χ3n) is 4.54. The third-order valence-corrected chi connectivity index (χ3v) is 6.70. The smallest absolute Gasteiger partial charge is 0.322 e. The van der Waals surface area contributed by atoms with Gasteiger partial charge in [0.1, 0.15) is 16.1 Å². The normalized spacial score (nSPS) is 11.7. The van der Waals surface area contributed by atoms with Gasteiger partial charge in [-0.05, 0) is 71.0 Å². The van der Waals surface area contributed by atoms with E-state index in [1.54, 1.807) is 24.3 Å². The van der Waals surface area contributed by atoms with Crippen LogP contribution in [0.25, 0.3) is 0 Å². The molecule has 0 aliphatic rings. The zero-order valence-electron chi connectivity index (χ0n) is 20.1. The molecule has 1 amide bonds. The molecule has 0 unspecified atom stereocenters. The first-order chi connectivity index (χ1) is 16.0. The quantitative estimate of drug-likeness (QED) is 0.278. The first-order valence-corrected chi connectivity index (χ1v) is 12.7. The van der Waals surface area contributed by atoms with Crippen molar-refractivity contribution in [2.24, 2.45) is 0 Å². The molecule has 0 aliphatic carbocycles. The van der Waals surface area contributed by atoms with Crippen LogP contribution in [0.15, 0.2) is 64.3 Å². The number of benzene rings is 2. The minimum Gasteiger partial charge on any atom is -0.493 e. The maximum absolute atomic E-state index is 12.5. The van der Waals surface area contributed by atoms with Gasteiger partial charge in [-0.25, -0.2) is 4.98 Å². The van der Waals surface area contributed by atoms with Crippen molar-refractivity contribution in [2.75, 3.05) is 11.9 Å². The minimum absolute atomic E-state index is 0.167. The summed E-state index contributed by atoms with van der Waals surface area (Å²) in [6.07, 6.45) is 0.639. The number of carbonyl (C=O) groups excluding carboxylic acids is 2. The summed E-state index contributed by atoms with van der Waals surface area (Å²) in [6.45, 7) is 9.73. The first kappa shape index (κ1) is 25.8. The summed E-state index contributed by atoms with van der Waals surface area (Å²) in [5.41, 5.74) is 1.70. The van der Waals surface area contributed by atoms with Crippen LogP contribution >= 0.6 is 23.1 Å². The fourth-order valence-corrected chi connectivity index (χ4v) is 5.08. The van der Waals surface area contributed by atoms with Crippen molar-refractivity contribution in [1.82, 2.24) is 4.98 Å². The first-order valence-electron chi connectivity index (χ1n) is 11.0. The van der Waals surface area contributed by atoms with Gasteiger partial charge < -0.3 is 14.8 Å². The summed E-state index contributed by atoms with van der Waals surface area (Å²) in [6, 6.07) is 16.4. The van der Waals surface area contributed by atoms with E-state index < -0.39 is 10.3 Å². The summed E-state index contributed by atoms with van der Waals surface area (Å²) >= 11 is 2.91. The van der Waals surface area contributed by atoms with Gasteiger partial charge >= 0.3 is 5.97 Å². The van der Waals surface area contributed by atoms with Crippen LogP contribution in [0, 0.1) is 0 Å². The molecule has 0 radical (unpaired) electrons. The van der Waals surface area contributed by atoms with E-state index in [-0.39, 0.29) is 11.9 Å². The molecular formula is C26H30N2O4S2. The molecule has 6 nitrogen and oxygen atoms in total. The molecule has 0 saturated carbocycles. The molecule has 0 bridgehead atoms. The van der Waals surface area contributed by atoms with Crippen LogP contribution in [-0.4, -0.2) is 33.8 Å². The molecular weight excluding hydrogens is 468 g/mol. The Morgan fingerprint density at radius 3 is 2.32 bits per heavy atom. The largest absolute Gasteiger partial charge is 0.493 e. The van der Waals surface area contributed by atoms with Crippen LogP contribution in [0.3, 0.4) is 0 Å². The Bertz CT molecular complexity index is 1100. The summed E-state index contributed by atoms with van der Waals surface area (Å²) in [5.74, 6) is 0.262. The van der Waals surface area contributed by atoms with Crippen LogP contribution in [-0.2, 0) is 16.0 Å². The summed E-state index contributed by atoms with van der Waals surface area (Å²) < 4.78 is 11.4. The highest BCUT2D eigenvalue weighted by atomic mass is 32.2. The number of esters is 1. The SMILES string of the molecule is CC(C)(C)OC(=O)C(C)(C)Sc1nc(CCOc2ccc(C(=O)Nc3ccccc3)cc2)cs1. The lowest BCUT2D eigenvalue weighted by Crippen LogP contribution is -2.36. The monoisotopic (exact) mass is 498 g/mol. The fourth-order valence-electron chi connectivity index (χ4n) is 2.81. The highest BCUT2D eigenvalue weighted by Crippen LogP contribution is 2.36. The molecule has 8 heteroatoms. The predicted molar refractivity (Wildman–Crippen MR) is 138 cm³/mol. The second-order valence-electron chi connectivity index (χ2n) is 9.16. The lowest BCUT2D eigenvalue weighted by Gasteiger charge is -2.27. The van der Waals surface area contributed by atoms with Crippen molar-refractivity contribution in [3.63, 3.8) is 0 Å². The average Bonchev–Trinajstić information content (AvgIpc) is 3.20. The van der Waals surface area contributed by atoms with Crippen LogP contribution in [0.2, 0.25) is 0 Å². The van der Waals surface area contributed by atoms with Gasteiger partial charge in [0, 0.05) is 23.1 Å². The van der Waals surface area contributed by atoms with Gasteiger partial charge in [-0.1, -0.05) is 30.0 Å². The van der Waals surface area contributed by atoms with E-state index >= 15 is 0 Å². The molecule has 3 rings (SSSR count). The van der Waals surface area contributed by atoms with Gasteiger partial charge in [-0.3, -0.25) is 9.59 Å². The van der Waals surface area contributed by atoms with Crippen molar-refractivity contribution >= 4 is 40.7 Å². The van der Waals surface area contributed by atoms with E-state index in [0.29, 0.717) is 24.3 Å². The number of anilines is 1. The lowest BCUT2D eigenvalue weighted by atomic mass is 10.1. The third kappa shape index (κ3) is 7.88. The molecule has 2 aromatic carbocycles. The average molecular weight is 499 g/mol. The van der Waals surface area contributed by atoms with Gasteiger partial charge in [-0.15, -0.1) is 11.3 Å². The van der Waals surface area contributed by atoms with E-state index in [1.165, 1.54) is 23.1 Å². The Balaban J connectivity index is 1.47. The van der Waals surface area contributed by atoms with Crippen LogP contribution in [0.1, 0.15) is 50.7 Å². The summed E-state index contributed by atoms with van der Waals surface area (Å²) in [4.78, 5) is 29.4. The number of thioether (sulfide) groups is 1. The molecule has 180 valence electrons. The number of amides is 1. The molecule has 1 heterocycles. The van der Waals surface area contributed by atoms with E-state index in [1.807, 2.05) is 70.3 Å². The number of para-hydroxylation sites is 1. The second-order valence-corrected chi connectivity index (χ2v) is 11.9. The number of ether oxygens (including phenoxy) is 2. The van der Waals surface area contributed by atoms with Crippen molar-refractivity contribution in [1.29, 1.82) is 0 Å². The maximum Gasteiger partial charge on any atom is 0.322 e. The number of hydrogen-bond acceptors (Lipinski definition) is 7. The molecule has 0 atom stereocenters. The molecule has 0 fully saturated rings. The van der Waals surface area contributed by atoms with Crippen molar-refractivity contribution in [2.45, 2.75) is 55.7 Å². The number of carbonyl (C=O) groups is 2. The van der Waals surface area contributed by atoms with Gasteiger partial charge in [0.25, 0.3) is 5.91 Å². The predicted octanol–water partition coefficient (Wildman–Crippen LogP) is 6.23. The Morgan fingerprint density at radius 2 is 1.68 bits per heavy atom. The highest BCUT2D eigenvalue weighted by molar-refractivity contribution is 8.03. The standard InChI is InChI=1S/C26H30N2O4S2/c1-25(2,3)32-23(30)26(4,5)34-24-28-20(17-33-24)15-16-31-21-13-11-18(12-14-21)22(29)27-19-9-7-6-8-10-19/h6-14,17H,15-16H2,1-5H3,(H,27,29). The second kappa shape index (κ2) is 11.1. The topological polar surface area (TPSA) is 77.5 Å². The van der Waals surface area contributed by atoms with E-state index in [0.717, 1.165) is 15.7 Å². The van der Waals surface area contributed by atoms with Gasteiger partial charge in [0.2, 0.25) is 0 Å². The van der Waals surface area contributed by atoms with Gasteiger partial charge in [-0.2, -0.15) is 0 Å². The van der Waals surface area contributed by atoms with Crippen LogP contribution in [0.4, 0.5) is 5.69 Å². The maximum atomic E-state index is 12.5. The van der Waals surface area contributed by atoms with Crippen molar-refractivity contribution in [3.05, 3.63) is 71.2 Å². The zero-order chi connectivity index (χ0) is 24.8. The van der Waals surface area contributed by atoms with Crippen molar-refractivity contribution in [3.8, 4) is 5.75 Å². The molecule has 1 aromatic heterocycles. The molecule has 34 heavy (non-hydrogen) atoms. The Morgan fingerprint density at radius 1 is 1.00 bits per heavy atom. The van der Waals surface area contributed by atoms with E-state index in [4.69, 9.17) is 9.47 Å². The fraction of sp³-hybridized carbons (Fsp3) is 0.346. The van der Waals surface area contributed by atoms with Gasteiger partial charge in [0.05, 0.1) is 12.3 Å². The highest BCUT2D eigenvalue weighted by Gasteiger charge is 2.34. The summed E-state index contributed by atoms with van der Waals surface area (Å²) in [5, 5.41) is 4.84. The number of rotatable bonds is 9. The Kier molecular flexibility index (Phi) is 8.38. The minimum atomic E-state index is -0.729. The van der Waals surface area contributed by atoms with Gasteiger partial charge in [0.15, 0.2) is 4.34 Å². The molecule has 3 aromatic rings. The number of nitrogens with zero attached hydrogens (tertiary/aromatic N) is 1. The molecule has 0 spiro atoms. The molecule has 0 aliphatic heterocycles. The number of hydrogen-bond donors (Lipinski definition) is 1. The lowest BCUT2D eigenvalue weighted by molar-refractivity contribution is -0.156. The molecule has 0 saturated heterocycles. The Labute approximate surface area is 209 Å².